The van der Waals surface area contributed by atoms with Crippen LogP contribution < -0.4 is 0 Å². The Bertz CT molecular complexity index is 802. The van der Waals surface area contributed by atoms with Crippen molar-refractivity contribution < 1.29 is 9.72 Å². The molecule has 0 amide bonds. The van der Waals surface area contributed by atoms with Gasteiger partial charge in [0.05, 0.1) is 22.4 Å². The summed E-state index contributed by atoms with van der Waals surface area (Å²) in [6, 6.07) is 4.33. The van der Waals surface area contributed by atoms with Crippen LogP contribution in [0.4, 0.5) is 5.69 Å². The van der Waals surface area contributed by atoms with Gasteiger partial charge in [0.25, 0.3) is 11.6 Å². The lowest BCUT2D eigenvalue weighted by molar-refractivity contribution is -0.384. The minimum absolute atomic E-state index is 0.0204. The fourth-order valence-corrected chi connectivity index (χ4v) is 4.35. The molecule has 0 radical (unpaired) electrons. The molecule has 2 heterocycles. The number of nitro benzene ring substituents is 1. The standard InChI is InChI=1S/C14H14N4O3S3/c19-13(9-24-14(22)16-3-5-23-6-4-16)17-12-2-1-11(18(20)21)7-10(12)8-15-17/h1-2,7-8H,3-6,9H2. The molecule has 3 rings (SSSR count). The van der Waals surface area contributed by atoms with Gasteiger partial charge < -0.3 is 4.90 Å². The van der Waals surface area contributed by atoms with E-state index in [1.165, 1.54) is 34.8 Å². The lowest BCUT2D eigenvalue weighted by Crippen LogP contribution is -2.35. The zero-order valence-corrected chi connectivity index (χ0v) is 15.0. The lowest BCUT2D eigenvalue weighted by Gasteiger charge is -2.28. The average Bonchev–Trinajstić information content (AvgIpc) is 3.03. The Morgan fingerprint density at radius 1 is 1.42 bits per heavy atom. The fraction of sp³-hybridized carbons (Fsp3) is 0.357. The van der Waals surface area contributed by atoms with Crippen LogP contribution >= 0.6 is 35.7 Å². The van der Waals surface area contributed by atoms with Crippen molar-refractivity contribution in [1.82, 2.24) is 14.7 Å². The van der Waals surface area contributed by atoms with Gasteiger partial charge in [-0.25, -0.2) is 0 Å². The maximum atomic E-state index is 12.4. The van der Waals surface area contributed by atoms with Crippen LogP contribution in [0.3, 0.4) is 0 Å². The quantitative estimate of drug-likeness (QED) is 0.455. The molecular weight excluding hydrogens is 368 g/mol. The Balaban J connectivity index is 1.67. The number of hydrogen-bond donors (Lipinski definition) is 0. The second kappa shape index (κ2) is 7.49. The molecule has 10 heteroatoms. The van der Waals surface area contributed by atoms with Crippen LogP contribution in [-0.2, 0) is 0 Å². The van der Waals surface area contributed by atoms with Crippen molar-refractivity contribution in [2.24, 2.45) is 0 Å². The Hall–Kier alpha value is -1.65. The van der Waals surface area contributed by atoms with Gasteiger partial charge in [-0.1, -0.05) is 24.0 Å². The smallest absolute Gasteiger partial charge is 0.270 e. The van der Waals surface area contributed by atoms with E-state index in [-0.39, 0.29) is 17.3 Å². The maximum absolute atomic E-state index is 12.4. The van der Waals surface area contributed by atoms with Crippen LogP contribution in [0.1, 0.15) is 4.79 Å². The summed E-state index contributed by atoms with van der Waals surface area (Å²) >= 11 is 8.63. The highest BCUT2D eigenvalue weighted by Gasteiger charge is 2.18. The van der Waals surface area contributed by atoms with E-state index in [1.54, 1.807) is 6.07 Å². The topological polar surface area (TPSA) is 81.3 Å². The zero-order chi connectivity index (χ0) is 17.1. The van der Waals surface area contributed by atoms with E-state index < -0.39 is 4.92 Å². The highest BCUT2D eigenvalue weighted by atomic mass is 32.2. The zero-order valence-electron chi connectivity index (χ0n) is 12.6. The van der Waals surface area contributed by atoms with Crippen molar-refractivity contribution in [1.29, 1.82) is 0 Å². The number of non-ortho nitro benzene ring substituents is 1. The third kappa shape index (κ3) is 3.70. The van der Waals surface area contributed by atoms with Crippen LogP contribution in [0.2, 0.25) is 0 Å². The number of rotatable bonds is 3. The predicted octanol–water partition coefficient (Wildman–Crippen LogP) is 2.65. The van der Waals surface area contributed by atoms with Gasteiger partial charge >= 0.3 is 0 Å². The molecule has 126 valence electrons. The third-order valence-electron chi connectivity index (χ3n) is 3.59. The Labute approximate surface area is 151 Å². The number of carbonyl (C=O) groups excluding carboxylic acids is 1. The first-order valence-electron chi connectivity index (χ1n) is 7.21. The highest BCUT2D eigenvalue weighted by Crippen LogP contribution is 2.21. The van der Waals surface area contributed by atoms with Gasteiger partial charge in [0.15, 0.2) is 0 Å². The summed E-state index contributed by atoms with van der Waals surface area (Å²) in [5.74, 6) is 2.10. The van der Waals surface area contributed by atoms with Gasteiger partial charge in [0, 0.05) is 42.1 Å². The fourth-order valence-electron chi connectivity index (χ4n) is 2.35. The van der Waals surface area contributed by atoms with Crippen molar-refractivity contribution in [2.45, 2.75) is 0 Å². The molecule has 1 aromatic heterocycles. The summed E-state index contributed by atoms with van der Waals surface area (Å²) in [6.07, 6.45) is 1.46. The second-order valence-corrected chi connectivity index (χ2v) is 7.94. The van der Waals surface area contributed by atoms with Gasteiger partial charge in [0.2, 0.25) is 0 Å². The summed E-state index contributed by atoms with van der Waals surface area (Å²) < 4.78 is 2.01. The Kier molecular flexibility index (Phi) is 5.36. The highest BCUT2D eigenvalue weighted by molar-refractivity contribution is 8.23. The van der Waals surface area contributed by atoms with Crippen molar-refractivity contribution in [3.63, 3.8) is 0 Å². The van der Waals surface area contributed by atoms with Crippen LogP contribution in [0.25, 0.3) is 10.9 Å². The number of hydrogen-bond acceptors (Lipinski definition) is 7. The molecule has 0 atom stereocenters. The molecule has 0 spiro atoms. The first-order chi connectivity index (χ1) is 11.6. The molecule has 1 aromatic carbocycles. The number of nitrogens with zero attached hydrogens (tertiary/aromatic N) is 4. The number of thiocarbonyl (C=S) groups is 1. The maximum Gasteiger partial charge on any atom is 0.270 e. The lowest BCUT2D eigenvalue weighted by atomic mass is 10.2. The molecule has 1 fully saturated rings. The van der Waals surface area contributed by atoms with Crippen LogP contribution in [0.5, 0.6) is 0 Å². The molecule has 1 aliphatic rings. The Morgan fingerprint density at radius 3 is 2.88 bits per heavy atom. The van der Waals surface area contributed by atoms with Gasteiger partial charge in [-0.05, 0) is 6.07 Å². The second-order valence-electron chi connectivity index (χ2n) is 5.10. The number of benzene rings is 1. The molecule has 0 unspecified atom stereocenters. The minimum Gasteiger partial charge on any atom is -0.356 e. The number of nitro groups is 1. The largest absolute Gasteiger partial charge is 0.356 e. The summed E-state index contributed by atoms with van der Waals surface area (Å²) in [6.45, 7) is 1.83. The third-order valence-corrected chi connectivity index (χ3v) is 6.04. The first-order valence-corrected chi connectivity index (χ1v) is 9.76. The average molecular weight is 382 g/mol. The Morgan fingerprint density at radius 2 is 2.17 bits per heavy atom. The van der Waals surface area contributed by atoms with E-state index in [4.69, 9.17) is 12.2 Å². The molecule has 0 aliphatic carbocycles. The molecule has 7 nitrogen and oxygen atoms in total. The molecule has 0 bridgehead atoms. The number of thioether (sulfide) groups is 2. The molecule has 0 N–H and O–H groups in total. The SMILES string of the molecule is O=C(CSC(=S)N1CCSCC1)n1ncc2cc([N+](=O)[O-])ccc21. The van der Waals surface area contributed by atoms with Gasteiger partial charge in [-0.15, -0.1) is 0 Å². The molecule has 0 saturated carbocycles. The van der Waals surface area contributed by atoms with Gasteiger partial charge in [-0.3, -0.25) is 14.9 Å². The van der Waals surface area contributed by atoms with Crippen LogP contribution in [0.15, 0.2) is 24.4 Å². The summed E-state index contributed by atoms with van der Waals surface area (Å²) in [4.78, 5) is 24.8. The summed E-state index contributed by atoms with van der Waals surface area (Å²) in [7, 11) is 0. The summed E-state index contributed by atoms with van der Waals surface area (Å²) in [5, 5.41) is 15.4. The number of carbonyl (C=O) groups is 1. The molecule has 2 aromatic rings. The van der Waals surface area contributed by atoms with E-state index in [9.17, 15) is 14.9 Å². The van der Waals surface area contributed by atoms with Crippen molar-refractivity contribution in [3.05, 3.63) is 34.5 Å². The van der Waals surface area contributed by atoms with Crippen molar-refractivity contribution in [2.75, 3.05) is 30.3 Å². The van der Waals surface area contributed by atoms with Crippen LogP contribution in [0, 0.1) is 10.1 Å². The normalized spacial score (nSPS) is 14.8. The minimum atomic E-state index is -0.468. The molecule has 1 saturated heterocycles. The number of fused-ring (bicyclic) bond motifs is 1. The molecule has 1 aliphatic heterocycles. The van der Waals surface area contributed by atoms with Gasteiger partial charge in [0.1, 0.15) is 4.32 Å². The van der Waals surface area contributed by atoms with E-state index in [0.29, 0.717) is 10.9 Å². The van der Waals surface area contributed by atoms with Crippen molar-refractivity contribution in [3.8, 4) is 0 Å². The van der Waals surface area contributed by atoms with E-state index in [0.717, 1.165) is 28.9 Å². The number of aromatic nitrogens is 2. The predicted molar refractivity (Wildman–Crippen MR) is 101 cm³/mol. The monoisotopic (exact) mass is 382 g/mol. The molecule has 24 heavy (non-hydrogen) atoms. The van der Waals surface area contributed by atoms with Crippen molar-refractivity contribution >= 4 is 62.6 Å². The van der Waals surface area contributed by atoms with Crippen LogP contribution in [-0.4, -0.2) is 60.2 Å². The van der Waals surface area contributed by atoms with E-state index in [2.05, 4.69) is 10.00 Å². The van der Waals surface area contributed by atoms with E-state index in [1.807, 2.05) is 11.8 Å². The van der Waals surface area contributed by atoms with Gasteiger partial charge in [-0.2, -0.15) is 21.5 Å². The molecular formula is C14H14N4O3S3. The summed E-state index contributed by atoms with van der Waals surface area (Å²) in [5.41, 5.74) is 0.541. The first kappa shape index (κ1) is 17.2. The van der Waals surface area contributed by atoms with E-state index >= 15 is 0 Å².